The predicted octanol–water partition coefficient (Wildman–Crippen LogP) is 4.05. The van der Waals surface area contributed by atoms with Crippen molar-refractivity contribution in [1.29, 1.82) is 0 Å². The van der Waals surface area contributed by atoms with Crippen molar-refractivity contribution in [1.82, 2.24) is 20.3 Å². The van der Waals surface area contributed by atoms with Crippen molar-refractivity contribution in [3.05, 3.63) is 52.9 Å². The van der Waals surface area contributed by atoms with E-state index in [1.165, 1.54) is 5.56 Å². The smallest absolute Gasteiger partial charge is 0.318 e. The van der Waals surface area contributed by atoms with E-state index < -0.39 is 0 Å². The maximum absolute atomic E-state index is 12.9. The summed E-state index contributed by atoms with van der Waals surface area (Å²) in [6.45, 7) is 12.4. The Bertz CT molecular complexity index is 880. The lowest BCUT2D eigenvalue weighted by Gasteiger charge is -2.35. The van der Waals surface area contributed by atoms with E-state index in [2.05, 4.69) is 62.4 Å². The van der Waals surface area contributed by atoms with Crippen LogP contribution in [0.1, 0.15) is 61.1 Å². The van der Waals surface area contributed by atoms with Crippen molar-refractivity contribution in [2.24, 2.45) is 11.8 Å². The van der Waals surface area contributed by atoms with Crippen molar-refractivity contribution in [3.63, 3.8) is 0 Å². The topological polar surface area (TPSA) is 78.7 Å². The second-order valence-electron chi connectivity index (χ2n) is 9.12. The fourth-order valence-corrected chi connectivity index (χ4v) is 3.92. The number of aryl methyl sites for hydroxylation is 1. The number of urea groups is 1. The monoisotopic (exact) mass is 426 g/mol. The molecule has 0 saturated carbocycles. The van der Waals surface area contributed by atoms with Crippen LogP contribution in [0.25, 0.3) is 0 Å². The van der Waals surface area contributed by atoms with E-state index in [9.17, 15) is 9.59 Å². The molecule has 1 N–H and O–H groups in total. The molecule has 0 bridgehead atoms. The van der Waals surface area contributed by atoms with E-state index in [-0.39, 0.29) is 29.7 Å². The third-order valence-electron chi connectivity index (χ3n) is 5.62. The molecule has 1 saturated heterocycles. The third kappa shape index (κ3) is 5.87. The van der Waals surface area contributed by atoms with Crippen molar-refractivity contribution < 1.29 is 14.1 Å². The van der Waals surface area contributed by atoms with Gasteiger partial charge in [0.05, 0.1) is 11.7 Å². The summed E-state index contributed by atoms with van der Waals surface area (Å²) in [7, 11) is 0. The molecule has 1 atom stereocenters. The maximum atomic E-state index is 12.9. The standard InChI is InChI=1S/C24H34N4O3/c1-16(2)14-19-6-8-20(9-7-19)22(17(3)4)25-24(30)28-12-10-27(11-13-28)23(29)21-15-18(5)26-31-21/h6-9,15-17,22H,10-14H2,1-5H3,(H,25,30). The first-order chi connectivity index (χ1) is 14.7. The van der Waals surface area contributed by atoms with Gasteiger partial charge in [0.25, 0.3) is 5.91 Å². The molecule has 2 aromatic rings. The second kappa shape index (κ2) is 9.98. The molecular weight excluding hydrogens is 392 g/mol. The Hall–Kier alpha value is -2.83. The number of amides is 3. The molecule has 7 heteroatoms. The van der Waals surface area contributed by atoms with Gasteiger partial charge in [-0.2, -0.15) is 0 Å². The summed E-state index contributed by atoms with van der Waals surface area (Å²) in [5.74, 6) is 0.945. The number of benzene rings is 1. The molecule has 3 rings (SSSR count). The molecule has 31 heavy (non-hydrogen) atoms. The number of carbonyl (C=O) groups excluding carboxylic acids is 2. The summed E-state index contributed by atoms with van der Waals surface area (Å²) >= 11 is 0. The van der Waals surface area contributed by atoms with Crippen LogP contribution in [0.5, 0.6) is 0 Å². The molecule has 0 spiro atoms. The molecule has 0 aliphatic carbocycles. The number of nitrogens with one attached hydrogen (secondary N) is 1. The van der Waals surface area contributed by atoms with E-state index in [0.717, 1.165) is 12.0 Å². The lowest BCUT2D eigenvalue weighted by atomic mass is 9.94. The number of aromatic nitrogens is 1. The van der Waals surface area contributed by atoms with Crippen LogP contribution in [-0.2, 0) is 6.42 Å². The Balaban J connectivity index is 1.57. The minimum atomic E-state index is -0.179. The minimum Gasteiger partial charge on any atom is -0.351 e. The van der Waals surface area contributed by atoms with Crippen LogP contribution in [0.3, 0.4) is 0 Å². The van der Waals surface area contributed by atoms with Gasteiger partial charge < -0.3 is 19.6 Å². The fourth-order valence-electron chi connectivity index (χ4n) is 3.92. The average Bonchev–Trinajstić information content (AvgIpc) is 3.18. The first kappa shape index (κ1) is 22.8. The van der Waals surface area contributed by atoms with Gasteiger partial charge in [-0.1, -0.05) is 57.1 Å². The molecule has 1 aromatic heterocycles. The Kier molecular flexibility index (Phi) is 7.36. The number of hydrogen-bond donors (Lipinski definition) is 1. The molecule has 1 fully saturated rings. The predicted molar refractivity (Wildman–Crippen MR) is 120 cm³/mol. The third-order valence-corrected chi connectivity index (χ3v) is 5.62. The number of rotatable bonds is 6. The first-order valence-electron chi connectivity index (χ1n) is 11.1. The van der Waals surface area contributed by atoms with Gasteiger partial charge in [0.2, 0.25) is 5.76 Å². The highest BCUT2D eigenvalue weighted by Gasteiger charge is 2.28. The number of nitrogens with zero attached hydrogens (tertiary/aromatic N) is 3. The summed E-state index contributed by atoms with van der Waals surface area (Å²) in [6.07, 6.45) is 1.05. The van der Waals surface area contributed by atoms with Gasteiger partial charge in [-0.05, 0) is 36.3 Å². The van der Waals surface area contributed by atoms with Crippen LogP contribution in [0.15, 0.2) is 34.9 Å². The van der Waals surface area contributed by atoms with Crippen molar-refractivity contribution >= 4 is 11.9 Å². The van der Waals surface area contributed by atoms with E-state index in [4.69, 9.17) is 4.52 Å². The summed E-state index contributed by atoms with van der Waals surface area (Å²) in [5, 5.41) is 6.97. The van der Waals surface area contributed by atoms with Crippen LogP contribution < -0.4 is 5.32 Å². The van der Waals surface area contributed by atoms with Gasteiger partial charge >= 0.3 is 6.03 Å². The Morgan fingerprint density at radius 1 is 1.03 bits per heavy atom. The molecule has 1 aromatic carbocycles. The fraction of sp³-hybridized carbons (Fsp3) is 0.542. The van der Waals surface area contributed by atoms with Crippen LogP contribution in [0.4, 0.5) is 4.79 Å². The molecule has 3 amide bonds. The van der Waals surface area contributed by atoms with Gasteiger partial charge in [0, 0.05) is 32.2 Å². The van der Waals surface area contributed by atoms with Gasteiger partial charge in [-0.3, -0.25) is 4.79 Å². The van der Waals surface area contributed by atoms with Gasteiger partial charge in [0.1, 0.15) is 0 Å². The van der Waals surface area contributed by atoms with Crippen LogP contribution >= 0.6 is 0 Å². The average molecular weight is 427 g/mol. The van der Waals surface area contributed by atoms with Crippen LogP contribution in [-0.4, -0.2) is 53.1 Å². The highest BCUT2D eigenvalue weighted by molar-refractivity contribution is 5.91. The lowest BCUT2D eigenvalue weighted by Crippen LogP contribution is -2.53. The van der Waals surface area contributed by atoms with Crippen LogP contribution in [0.2, 0.25) is 0 Å². The SMILES string of the molecule is Cc1cc(C(=O)N2CCN(C(=O)NC(c3ccc(CC(C)C)cc3)C(C)C)CC2)on1. The van der Waals surface area contributed by atoms with E-state index in [1.54, 1.807) is 22.8 Å². The van der Waals surface area contributed by atoms with Crippen molar-refractivity contribution in [3.8, 4) is 0 Å². The first-order valence-corrected chi connectivity index (χ1v) is 11.1. The number of hydrogen-bond acceptors (Lipinski definition) is 4. The van der Waals surface area contributed by atoms with Gasteiger partial charge in [-0.15, -0.1) is 0 Å². The molecule has 1 aliphatic rings. The highest BCUT2D eigenvalue weighted by Crippen LogP contribution is 2.23. The number of carbonyl (C=O) groups is 2. The normalized spacial score (nSPS) is 15.5. The second-order valence-corrected chi connectivity index (χ2v) is 9.12. The van der Waals surface area contributed by atoms with Gasteiger partial charge in [0.15, 0.2) is 0 Å². The van der Waals surface area contributed by atoms with E-state index in [1.807, 2.05) is 0 Å². The molecule has 7 nitrogen and oxygen atoms in total. The lowest BCUT2D eigenvalue weighted by molar-refractivity contribution is 0.0622. The maximum Gasteiger partial charge on any atom is 0.318 e. The molecular formula is C24H34N4O3. The number of piperazine rings is 1. The Morgan fingerprint density at radius 2 is 1.65 bits per heavy atom. The Morgan fingerprint density at radius 3 is 2.16 bits per heavy atom. The molecule has 168 valence electrons. The molecule has 1 unspecified atom stereocenters. The van der Waals surface area contributed by atoms with E-state index >= 15 is 0 Å². The Labute approximate surface area is 184 Å². The zero-order valence-electron chi connectivity index (χ0n) is 19.2. The largest absolute Gasteiger partial charge is 0.351 e. The quantitative estimate of drug-likeness (QED) is 0.756. The van der Waals surface area contributed by atoms with Crippen LogP contribution in [0, 0.1) is 18.8 Å². The van der Waals surface area contributed by atoms with E-state index in [0.29, 0.717) is 37.8 Å². The molecule has 0 radical (unpaired) electrons. The minimum absolute atomic E-state index is 0.0579. The van der Waals surface area contributed by atoms with Crippen molar-refractivity contribution in [2.45, 2.75) is 47.1 Å². The summed E-state index contributed by atoms with van der Waals surface area (Å²) in [6, 6.07) is 10.1. The van der Waals surface area contributed by atoms with Gasteiger partial charge in [-0.25, -0.2) is 4.79 Å². The summed E-state index contributed by atoms with van der Waals surface area (Å²) in [4.78, 5) is 28.9. The van der Waals surface area contributed by atoms with Crippen molar-refractivity contribution in [2.75, 3.05) is 26.2 Å². The zero-order chi connectivity index (χ0) is 22.5. The highest BCUT2D eigenvalue weighted by atomic mass is 16.5. The summed E-state index contributed by atoms with van der Waals surface area (Å²) < 4.78 is 5.08. The molecule has 2 heterocycles. The zero-order valence-corrected chi connectivity index (χ0v) is 19.2. The molecule has 1 aliphatic heterocycles. The summed E-state index contributed by atoms with van der Waals surface area (Å²) in [5.41, 5.74) is 3.11.